The third-order valence-electron chi connectivity index (χ3n) is 3.62. The second kappa shape index (κ2) is 6.31. The third-order valence-corrected chi connectivity index (χ3v) is 4.56. The zero-order valence-corrected chi connectivity index (χ0v) is 11.2. The Labute approximate surface area is 111 Å². The van der Waals surface area contributed by atoms with Crippen molar-refractivity contribution in [2.45, 2.75) is 38.3 Å². The van der Waals surface area contributed by atoms with E-state index in [1.54, 1.807) is 16.7 Å². The van der Waals surface area contributed by atoms with E-state index in [0.29, 0.717) is 17.5 Å². The van der Waals surface area contributed by atoms with E-state index >= 15 is 0 Å². The van der Waals surface area contributed by atoms with Crippen LogP contribution in [0.15, 0.2) is 11.4 Å². The predicted molar refractivity (Wildman–Crippen MR) is 72.5 cm³/mol. The van der Waals surface area contributed by atoms with Crippen molar-refractivity contribution in [3.63, 3.8) is 0 Å². The number of carbonyl (C=O) groups is 1. The van der Waals surface area contributed by atoms with Crippen LogP contribution in [-0.4, -0.2) is 23.7 Å². The summed E-state index contributed by atoms with van der Waals surface area (Å²) in [6.07, 6.45) is 4.67. The van der Waals surface area contributed by atoms with Gasteiger partial charge in [-0.3, -0.25) is 4.79 Å². The number of primary amides is 1. The first kappa shape index (κ1) is 13.5. The molecule has 2 rings (SSSR count). The normalized spacial score (nSPS) is 24.1. The van der Waals surface area contributed by atoms with Crippen LogP contribution in [0.25, 0.3) is 0 Å². The molecule has 1 heterocycles. The number of nitrogens with two attached hydrogens (primary N) is 1. The van der Waals surface area contributed by atoms with Crippen LogP contribution >= 0.6 is 11.3 Å². The van der Waals surface area contributed by atoms with Crippen LogP contribution in [0.4, 0.5) is 0 Å². The van der Waals surface area contributed by atoms with Crippen molar-refractivity contribution in [3.8, 4) is 0 Å². The van der Waals surface area contributed by atoms with E-state index in [1.807, 2.05) is 6.07 Å². The van der Waals surface area contributed by atoms with Crippen molar-refractivity contribution in [3.05, 3.63) is 21.9 Å². The first-order valence-corrected chi connectivity index (χ1v) is 7.30. The molecule has 0 aromatic carbocycles. The fourth-order valence-corrected chi connectivity index (χ4v) is 3.35. The van der Waals surface area contributed by atoms with Gasteiger partial charge in [0.05, 0.1) is 5.56 Å². The summed E-state index contributed by atoms with van der Waals surface area (Å²) in [5.41, 5.74) is 5.81. The number of nitrogens with one attached hydrogen (secondary N) is 1. The number of thiophene rings is 1. The molecule has 4 nitrogen and oxygen atoms in total. The second-order valence-electron chi connectivity index (χ2n) is 4.88. The van der Waals surface area contributed by atoms with Crippen LogP contribution in [0.1, 0.15) is 40.9 Å². The molecular formula is C13H20N2O2S. The van der Waals surface area contributed by atoms with Gasteiger partial charge in [-0.25, -0.2) is 0 Å². The monoisotopic (exact) mass is 268 g/mol. The lowest BCUT2D eigenvalue weighted by atomic mass is 9.85. The van der Waals surface area contributed by atoms with Crippen molar-refractivity contribution >= 4 is 17.2 Å². The maximum atomic E-state index is 11.0. The minimum atomic E-state index is -0.372. The zero-order valence-electron chi connectivity index (χ0n) is 10.4. The fraction of sp³-hybridized carbons (Fsp3) is 0.615. The lowest BCUT2D eigenvalue weighted by Gasteiger charge is -2.30. The highest BCUT2D eigenvalue weighted by Gasteiger charge is 2.23. The smallest absolute Gasteiger partial charge is 0.249 e. The van der Waals surface area contributed by atoms with Gasteiger partial charge in [0, 0.05) is 29.5 Å². The van der Waals surface area contributed by atoms with Crippen molar-refractivity contribution in [2.24, 2.45) is 11.7 Å². The van der Waals surface area contributed by atoms with Crippen molar-refractivity contribution in [2.75, 3.05) is 6.61 Å². The molecule has 1 aromatic rings. The van der Waals surface area contributed by atoms with E-state index in [0.717, 1.165) is 24.3 Å². The van der Waals surface area contributed by atoms with Crippen molar-refractivity contribution in [1.82, 2.24) is 5.32 Å². The highest BCUT2D eigenvalue weighted by molar-refractivity contribution is 7.10. The van der Waals surface area contributed by atoms with Gasteiger partial charge < -0.3 is 16.2 Å². The van der Waals surface area contributed by atoms with Crippen LogP contribution in [0.5, 0.6) is 0 Å². The molecule has 2 unspecified atom stereocenters. The second-order valence-corrected chi connectivity index (χ2v) is 5.88. The average molecular weight is 268 g/mol. The number of amides is 1. The molecule has 18 heavy (non-hydrogen) atoms. The molecular weight excluding hydrogens is 248 g/mol. The van der Waals surface area contributed by atoms with Crippen molar-refractivity contribution < 1.29 is 9.90 Å². The SMILES string of the molecule is NC(=O)c1csc(CNC2CCCCC2CO)c1. The first-order chi connectivity index (χ1) is 8.70. The Hall–Kier alpha value is -0.910. The molecule has 0 bridgehead atoms. The third kappa shape index (κ3) is 3.31. The van der Waals surface area contributed by atoms with Gasteiger partial charge in [-0.05, 0) is 24.8 Å². The van der Waals surface area contributed by atoms with Crippen LogP contribution in [0, 0.1) is 5.92 Å². The molecule has 1 aliphatic carbocycles. The molecule has 100 valence electrons. The van der Waals surface area contributed by atoms with Gasteiger partial charge in [0.2, 0.25) is 5.91 Å². The predicted octanol–water partition coefficient (Wildman–Crippen LogP) is 1.49. The zero-order chi connectivity index (χ0) is 13.0. The van der Waals surface area contributed by atoms with E-state index < -0.39 is 0 Å². The van der Waals surface area contributed by atoms with Gasteiger partial charge in [0.15, 0.2) is 0 Å². The molecule has 1 amide bonds. The Bertz CT molecular complexity index is 405. The quantitative estimate of drug-likeness (QED) is 0.757. The number of hydrogen-bond donors (Lipinski definition) is 3. The molecule has 1 fully saturated rings. The maximum absolute atomic E-state index is 11.0. The summed E-state index contributed by atoms with van der Waals surface area (Å²) in [6, 6.07) is 2.24. The molecule has 0 spiro atoms. The van der Waals surface area contributed by atoms with E-state index in [9.17, 15) is 9.90 Å². The standard InChI is InChI=1S/C13H20N2O2S/c14-13(17)10-5-11(18-8-10)6-15-12-4-2-1-3-9(12)7-16/h5,8-9,12,15-16H,1-4,6-7H2,(H2,14,17). The van der Waals surface area contributed by atoms with Crippen LogP contribution in [-0.2, 0) is 6.54 Å². The Morgan fingerprint density at radius 3 is 2.94 bits per heavy atom. The summed E-state index contributed by atoms with van der Waals surface area (Å²) < 4.78 is 0. The summed E-state index contributed by atoms with van der Waals surface area (Å²) in [5, 5.41) is 14.6. The molecule has 4 N–H and O–H groups in total. The molecule has 0 radical (unpaired) electrons. The summed E-state index contributed by atoms with van der Waals surface area (Å²) >= 11 is 1.55. The van der Waals surface area contributed by atoms with Gasteiger partial charge in [-0.2, -0.15) is 0 Å². The molecule has 1 aromatic heterocycles. The largest absolute Gasteiger partial charge is 0.396 e. The first-order valence-electron chi connectivity index (χ1n) is 6.42. The van der Waals surface area contributed by atoms with E-state index in [-0.39, 0.29) is 12.5 Å². The minimum Gasteiger partial charge on any atom is -0.396 e. The van der Waals surface area contributed by atoms with Gasteiger partial charge in [0.1, 0.15) is 0 Å². The maximum Gasteiger partial charge on any atom is 0.249 e. The minimum absolute atomic E-state index is 0.259. The lowest BCUT2D eigenvalue weighted by molar-refractivity contribution is 0.100. The number of aliphatic hydroxyl groups excluding tert-OH is 1. The highest BCUT2D eigenvalue weighted by atomic mass is 32.1. The summed E-state index contributed by atoms with van der Waals surface area (Å²) in [7, 11) is 0. The fourth-order valence-electron chi connectivity index (χ4n) is 2.53. The topological polar surface area (TPSA) is 75.4 Å². The summed E-state index contributed by atoms with van der Waals surface area (Å²) in [4.78, 5) is 12.1. The highest BCUT2D eigenvalue weighted by Crippen LogP contribution is 2.24. The van der Waals surface area contributed by atoms with Gasteiger partial charge >= 0.3 is 0 Å². The Kier molecular flexibility index (Phi) is 4.74. The molecule has 2 atom stereocenters. The summed E-state index contributed by atoms with van der Waals surface area (Å²) in [6.45, 7) is 1.01. The number of carbonyl (C=O) groups excluding carboxylic acids is 1. The number of aliphatic hydroxyl groups is 1. The molecule has 0 aliphatic heterocycles. The Morgan fingerprint density at radius 2 is 2.28 bits per heavy atom. The Morgan fingerprint density at radius 1 is 1.50 bits per heavy atom. The van der Waals surface area contributed by atoms with Gasteiger partial charge in [-0.15, -0.1) is 11.3 Å². The average Bonchev–Trinajstić information content (AvgIpc) is 2.85. The van der Waals surface area contributed by atoms with Crippen LogP contribution in [0.2, 0.25) is 0 Å². The Balaban J connectivity index is 1.87. The van der Waals surface area contributed by atoms with Gasteiger partial charge in [-0.1, -0.05) is 12.8 Å². The number of rotatable bonds is 5. The van der Waals surface area contributed by atoms with Gasteiger partial charge in [0.25, 0.3) is 0 Å². The van der Waals surface area contributed by atoms with Crippen molar-refractivity contribution in [1.29, 1.82) is 0 Å². The van der Waals surface area contributed by atoms with Crippen LogP contribution < -0.4 is 11.1 Å². The summed E-state index contributed by atoms with van der Waals surface area (Å²) in [5.74, 6) is -0.00211. The van der Waals surface area contributed by atoms with Crippen LogP contribution in [0.3, 0.4) is 0 Å². The molecule has 1 saturated carbocycles. The number of hydrogen-bond acceptors (Lipinski definition) is 4. The van der Waals surface area contributed by atoms with E-state index in [1.165, 1.54) is 12.8 Å². The molecule has 5 heteroatoms. The van der Waals surface area contributed by atoms with E-state index in [2.05, 4.69) is 5.32 Å². The lowest BCUT2D eigenvalue weighted by Crippen LogP contribution is -2.39. The molecule has 0 saturated heterocycles. The van der Waals surface area contributed by atoms with E-state index in [4.69, 9.17) is 5.73 Å². The molecule has 1 aliphatic rings.